The van der Waals surface area contributed by atoms with E-state index in [9.17, 15) is 5.41 Å². The minimum atomic E-state index is -0.377. The zero-order valence-electron chi connectivity index (χ0n) is 17.8. The summed E-state index contributed by atoms with van der Waals surface area (Å²) in [5.41, 5.74) is 2.11. The van der Waals surface area contributed by atoms with Crippen molar-refractivity contribution in [2.75, 3.05) is 40.9 Å². The maximum absolute atomic E-state index is 9.38. The highest BCUT2D eigenvalue weighted by Gasteiger charge is 2.42. The molecule has 1 saturated heterocycles. The van der Waals surface area contributed by atoms with Crippen LogP contribution in [0, 0.1) is 5.41 Å². The Hall–Kier alpha value is -2.21. The lowest BCUT2D eigenvalue weighted by atomic mass is 9.71. The molecule has 0 atom stereocenters. The number of amidine groups is 1. The molecule has 0 saturated carbocycles. The zero-order valence-corrected chi connectivity index (χ0v) is 17.8. The van der Waals surface area contributed by atoms with E-state index in [0.29, 0.717) is 18.9 Å². The first kappa shape index (κ1) is 21.5. The van der Waals surface area contributed by atoms with E-state index < -0.39 is 0 Å². The average Bonchev–Trinajstić information content (AvgIpc) is 2.78. The number of piperidine rings is 1. The van der Waals surface area contributed by atoms with Crippen molar-refractivity contribution >= 4 is 5.84 Å². The molecule has 0 unspecified atom stereocenters. The van der Waals surface area contributed by atoms with Crippen molar-refractivity contribution in [2.24, 2.45) is 0 Å². The summed E-state index contributed by atoms with van der Waals surface area (Å²) in [6, 6.07) is 20.9. The van der Waals surface area contributed by atoms with E-state index >= 15 is 0 Å². The second kappa shape index (κ2) is 10.0. The van der Waals surface area contributed by atoms with Crippen LogP contribution in [-0.2, 0) is 21.4 Å². The van der Waals surface area contributed by atoms with Crippen LogP contribution in [0.4, 0.5) is 0 Å². The fourth-order valence-corrected chi connectivity index (χ4v) is 4.19. The standard InChI is InChI=1S/C24H33N3O2/c1-26-16-14-24(15-17-26,21-12-8-5-9-13-21)23(25)27(19-22(28-2)29-3)18-20-10-6-4-7-11-20/h4-13,22,25H,14-19H2,1-3H3. The lowest BCUT2D eigenvalue weighted by Gasteiger charge is -2.45. The fraction of sp³-hybridized carbons (Fsp3) is 0.458. The molecule has 2 aromatic carbocycles. The van der Waals surface area contributed by atoms with Crippen LogP contribution in [0.5, 0.6) is 0 Å². The number of rotatable bonds is 8. The van der Waals surface area contributed by atoms with E-state index in [4.69, 9.17) is 9.47 Å². The highest BCUT2D eigenvalue weighted by atomic mass is 16.7. The highest BCUT2D eigenvalue weighted by molar-refractivity contribution is 5.91. The molecule has 156 valence electrons. The minimum absolute atomic E-state index is 0.297. The number of hydrogen-bond donors (Lipinski definition) is 1. The molecule has 5 nitrogen and oxygen atoms in total. The molecule has 2 aromatic rings. The number of methoxy groups -OCH3 is 2. The van der Waals surface area contributed by atoms with Gasteiger partial charge >= 0.3 is 0 Å². The van der Waals surface area contributed by atoms with Crippen LogP contribution in [0.15, 0.2) is 60.7 Å². The molecule has 1 N–H and O–H groups in total. The number of nitrogens with zero attached hydrogens (tertiary/aromatic N) is 2. The molecule has 0 bridgehead atoms. The average molecular weight is 396 g/mol. The Morgan fingerprint density at radius 1 is 1.00 bits per heavy atom. The smallest absolute Gasteiger partial charge is 0.174 e. The van der Waals surface area contributed by atoms with E-state index in [2.05, 4.69) is 53.2 Å². The summed E-state index contributed by atoms with van der Waals surface area (Å²) in [4.78, 5) is 4.48. The van der Waals surface area contributed by atoms with E-state index in [0.717, 1.165) is 25.9 Å². The largest absolute Gasteiger partial charge is 0.354 e. The van der Waals surface area contributed by atoms with Gasteiger partial charge in [0.05, 0.1) is 12.0 Å². The Morgan fingerprint density at radius 3 is 2.10 bits per heavy atom. The lowest BCUT2D eigenvalue weighted by Crippen LogP contribution is -2.53. The molecule has 1 aliphatic rings. The van der Waals surface area contributed by atoms with Gasteiger partial charge in [-0.05, 0) is 44.1 Å². The number of hydrogen-bond acceptors (Lipinski definition) is 4. The fourth-order valence-electron chi connectivity index (χ4n) is 4.19. The van der Waals surface area contributed by atoms with Crippen LogP contribution in [0.2, 0.25) is 0 Å². The van der Waals surface area contributed by atoms with Crippen LogP contribution in [0.3, 0.4) is 0 Å². The van der Waals surface area contributed by atoms with Crippen molar-refractivity contribution in [3.63, 3.8) is 0 Å². The SMILES string of the molecule is COC(CN(Cc1ccccc1)C(=N)C1(c2ccccc2)CCN(C)CC1)OC. The Morgan fingerprint density at radius 2 is 1.55 bits per heavy atom. The number of nitrogens with one attached hydrogen (secondary N) is 1. The van der Waals surface area contributed by atoms with Gasteiger partial charge in [-0.15, -0.1) is 0 Å². The van der Waals surface area contributed by atoms with Crippen molar-refractivity contribution in [2.45, 2.75) is 31.1 Å². The van der Waals surface area contributed by atoms with E-state index in [1.165, 1.54) is 11.1 Å². The Balaban J connectivity index is 1.95. The lowest BCUT2D eigenvalue weighted by molar-refractivity contribution is -0.110. The molecular weight excluding hydrogens is 362 g/mol. The zero-order chi connectivity index (χ0) is 20.7. The summed E-state index contributed by atoms with van der Waals surface area (Å²) in [5, 5.41) is 9.38. The predicted octanol–water partition coefficient (Wildman–Crippen LogP) is 3.75. The van der Waals surface area contributed by atoms with Gasteiger partial charge in [0.25, 0.3) is 0 Å². The maximum Gasteiger partial charge on any atom is 0.174 e. The first-order valence-corrected chi connectivity index (χ1v) is 10.3. The Labute approximate surface area is 174 Å². The molecule has 1 heterocycles. The van der Waals surface area contributed by atoms with Gasteiger partial charge in [0.15, 0.2) is 6.29 Å². The first-order valence-electron chi connectivity index (χ1n) is 10.3. The quantitative estimate of drug-likeness (QED) is 0.420. The number of ether oxygens (including phenoxy) is 2. The van der Waals surface area contributed by atoms with Crippen molar-refractivity contribution < 1.29 is 9.47 Å². The third-order valence-electron chi connectivity index (χ3n) is 6.05. The van der Waals surface area contributed by atoms with Gasteiger partial charge in [-0.1, -0.05) is 60.7 Å². The van der Waals surface area contributed by atoms with Crippen LogP contribution in [0.1, 0.15) is 24.0 Å². The molecule has 29 heavy (non-hydrogen) atoms. The monoisotopic (exact) mass is 395 g/mol. The molecule has 5 heteroatoms. The van der Waals surface area contributed by atoms with E-state index in [1.807, 2.05) is 24.3 Å². The molecule has 1 aliphatic heterocycles. The van der Waals surface area contributed by atoms with Crippen LogP contribution in [-0.4, -0.2) is 62.8 Å². The highest BCUT2D eigenvalue weighted by Crippen LogP contribution is 2.38. The van der Waals surface area contributed by atoms with Gasteiger partial charge in [-0.25, -0.2) is 0 Å². The second-order valence-electron chi connectivity index (χ2n) is 7.87. The van der Waals surface area contributed by atoms with E-state index in [-0.39, 0.29) is 11.7 Å². The normalized spacial score (nSPS) is 16.7. The summed E-state index contributed by atoms with van der Waals surface area (Å²) in [5.74, 6) is 0.653. The van der Waals surface area contributed by atoms with Crippen LogP contribution < -0.4 is 0 Å². The van der Waals surface area contributed by atoms with Gasteiger partial charge in [0.2, 0.25) is 0 Å². The molecule has 0 radical (unpaired) electrons. The van der Waals surface area contributed by atoms with Gasteiger partial charge in [0, 0.05) is 20.8 Å². The maximum atomic E-state index is 9.38. The summed E-state index contributed by atoms with van der Waals surface area (Å²) >= 11 is 0. The summed E-state index contributed by atoms with van der Waals surface area (Å²) < 4.78 is 11.0. The van der Waals surface area contributed by atoms with Gasteiger partial charge in [0.1, 0.15) is 5.84 Å². The topological polar surface area (TPSA) is 48.8 Å². The van der Waals surface area contributed by atoms with Crippen molar-refractivity contribution in [1.82, 2.24) is 9.80 Å². The molecule has 0 amide bonds. The molecule has 0 aliphatic carbocycles. The molecule has 0 aromatic heterocycles. The number of likely N-dealkylation sites (tertiary alicyclic amines) is 1. The molecular formula is C24H33N3O2. The summed E-state index contributed by atoms with van der Waals surface area (Å²) in [6.45, 7) is 3.14. The van der Waals surface area contributed by atoms with Crippen LogP contribution >= 0.6 is 0 Å². The third kappa shape index (κ3) is 5.04. The minimum Gasteiger partial charge on any atom is -0.354 e. The van der Waals surface area contributed by atoms with Crippen molar-refractivity contribution in [1.29, 1.82) is 5.41 Å². The molecule has 0 spiro atoms. The van der Waals surface area contributed by atoms with Crippen LogP contribution in [0.25, 0.3) is 0 Å². The van der Waals surface area contributed by atoms with Crippen molar-refractivity contribution in [3.05, 3.63) is 71.8 Å². The summed E-state index contributed by atoms with van der Waals surface area (Å²) in [6.07, 6.45) is 1.49. The van der Waals surface area contributed by atoms with Gasteiger partial charge in [-0.3, -0.25) is 5.41 Å². The molecule has 3 rings (SSSR count). The second-order valence-corrected chi connectivity index (χ2v) is 7.87. The third-order valence-corrected chi connectivity index (χ3v) is 6.05. The number of benzene rings is 2. The summed E-state index contributed by atoms with van der Waals surface area (Å²) in [7, 11) is 5.47. The van der Waals surface area contributed by atoms with Crippen molar-refractivity contribution in [3.8, 4) is 0 Å². The Bertz CT molecular complexity index is 754. The van der Waals surface area contributed by atoms with Gasteiger partial charge in [-0.2, -0.15) is 0 Å². The molecule has 1 fully saturated rings. The van der Waals surface area contributed by atoms with E-state index in [1.54, 1.807) is 14.2 Å². The first-order chi connectivity index (χ1) is 14.1. The van der Waals surface area contributed by atoms with Gasteiger partial charge < -0.3 is 19.3 Å². The Kier molecular flexibility index (Phi) is 7.42. The predicted molar refractivity (Wildman–Crippen MR) is 117 cm³/mol.